The highest BCUT2D eigenvalue weighted by Gasteiger charge is 2.21. The third-order valence-corrected chi connectivity index (χ3v) is 5.31. The lowest BCUT2D eigenvalue weighted by Gasteiger charge is -2.20. The molecule has 1 aromatic carbocycles. The Morgan fingerprint density at radius 1 is 1.00 bits per heavy atom. The van der Waals surface area contributed by atoms with E-state index in [0.717, 1.165) is 43.6 Å². The van der Waals surface area contributed by atoms with Gasteiger partial charge in [0.25, 0.3) is 0 Å². The van der Waals surface area contributed by atoms with Crippen molar-refractivity contribution in [1.82, 2.24) is 15.0 Å². The largest absolute Gasteiger partial charge is 0.493 e. The normalized spacial score (nSPS) is 16.2. The van der Waals surface area contributed by atoms with Crippen LogP contribution < -0.4 is 24.7 Å². The molecule has 0 amide bonds. The quantitative estimate of drug-likeness (QED) is 0.374. The standard InChI is InChI=1S/C22H29N7O2/c1-3-14-31-18-9-8-17(15-19(18)30-2)16-23-27-20-24-21(28-10-4-5-11-28)26-22(25-20)29-12-6-7-13-29/h3,8-9,15-16H,1,4-7,10-14H2,2H3,(H,24,25,26,27). The number of hydrogen-bond donors (Lipinski definition) is 1. The summed E-state index contributed by atoms with van der Waals surface area (Å²) in [6.07, 6.45) is 8.06. The van der Waals surface area contributed by atoms with Gasteiger partial charge in [-0.2, -0.15) is 20.1 Å². The van der Waals surface area contributed by atoms with Crippen LogP contribution in [0.2, 0.25) is 0 Å². The highest BCUT2D eigenvalue weighted by atomic mass is 16.5. The molecule has 31 heavy (non-hydrogen) atoms. The van der Waals surface area contributed by atoms with Gasteiger partial charge in [0.1, 0.15) is 6.61 Å². The van der Waals surface area contributed by atoms with Gasteiger partial charge in [0.15, 0.2) is 11.5 Å². The molecule has 0 unspecified atom stereocenters. The fourth-order valence-electron chi connectivity index (χ4n) is 3.72. The molecule has 9 nitrogen and oxygen atoms in total. The second-order valence-electron chi connectivity index (χ2n) is 7.53. The first-order valence-electron chi connectivity index (χ1n) is 10.7. The maximum atomic E-state index is 5.59. The number of nitrogens with one attached hydrogen (secondary N) is 1. The summed E-state index contributed by atoms with van der Waals surface area (Å²) in [6.45, 7) is 8.00. The van der Waals surface area contributed by atoms with Crippen LogP contribution in [0.3, 0.4) is 0 Å². The lowest BCUT2D eigenvalue weighted by atomic mass is 10.2. The summed E-state index contributed by atoms with van der Waals surface area (Å²) in [6, 6.07) is 5.62. The van der Waals surface area contributed by atoms with Gasteiger partial charge in [0.05, 0.1) is 13.3 Å². The van der Waals surface area contributed by atoms with Gasteiger partial charge in [0, 0.05) is 26.2 Å². The molecule has 2 fully saturated rings. The van der Waals surface area contributed by atoms with E-state index in [4.69, 9.17) is 14.5 Å². The zero-order chi connectivity index (χ0) is 21.5. The first kappa shape index (κ1) is 20.9. The summed E-state index contributed by atoms with van der Waals surface area (Å²) in [5, 5.41) is 4.34. The van der Waals surface area contributed by atoms with E-state index in [0.29, 0.717) is 24.1 Å². The molecule has 0 aliphatic carbocycles. The average molecular weight is 424 g/mol. The van der Waals surface area contributed by atoms with Crippen molar-refractivity contribution in [2.24, 2.45) is 5.10 Å². The molecule has 1 N–H and O–H groups in total. The molecule has 2 aliphatic rings. The molecule has 0 bridgehead atoms. The van der Waals surface area contributed by atoms with Crippen LogP contribution >= 0.6 is 0 Å². The molecule has 0 radical (unpaired) electrons. The van der Waals surface area contributed by atoms with Gasteiger partial charge in [0.2, 0.25) is 17.8 Å². The number of hydrogen-bond acceptors (Lipinski definition) is 9. The van der Waals surface area contributed by atoms with Gasteiger partial charge in [-0.25, -0.2) is 5.43 Å². The van der Waals surface area contributed by atoms with E-state index in [2.05, 4.69) is 36.9 Å². The van der Waals surface area contributed by atoms with Gasteiger partial charge < -0.3 is 19.3 Å². The lowest BCUT2D eigenvalue weighted by Crippen LogP contribution is -2.25. The predicted molar refractivity (Wildman–Crippen MR) is 123 cm³/mol. The molecular formula is C22H29N7O2. The van der Waals surface area contributed by atoms with Gasteiger partial charge in [-0.15, -0.1) is 0 Å². The number of methoxy groups -OCH3 is 1. The Hall–Kier alpha value is -3.36. The van der Waals surface area contributed by atoms with Gasteiger partial charge >= 0.3 is 0 Å². The minimum absolute atomic E-state index is 0.420. The van der Waals surface area contributed by atoms with Crippen molar-refractivity contribution >= 4 is 24.1 Å². The number of hydrazone groups is 1. The molecule has 2 aliphatic heterocycles. The van der Waals surface area contributed by atoms with E-state index in [1.54, 1.807) is 19.4 Å². The fraction of sp³-hybridized carbons (Fsp3) is 0.455. The van der Waals surface area contributed by atoms with Crippen LogP contribution in [0.15, 0.2) is 36.0 Å². The van der Waals surface area contributed by atoms with E-state index in [9.17, 15) is 0 Å². The summed E-state index contributed by atoms with van der Waals surface area (Å²) in [7, 11) is 1.61. The van der Waals surface area contributed by atoms with Gasteiger partial charge in [-0.3, -0.25) is 0 Å². The Balaban J connectivity index is 1.50. The van der Waals surface area contributed by atoms with E-state index in [-0.39, 0.29) is 0 Å². The first-order valence-corrected chi connectivity index (χ1v) is 10.7. The topological polar surface area (TPSA) is 88.0 Å². The summed E-state index contributed by atoms with van der Waals surface area (Å²) in [4.78, 5) is 18.3. The molecule has 0 atom stereocenters. The molecule has 9 heteroatoms. The maximum absolute atomic E-state index is 5.59. The van der Waals surface area contributed by atoms with Crippen molar-refractivity contribution in [3.8, 4) is 11.5 Å². The second kappa shape index (κ2) is 10.1. The SMILES string of the molecule is C=CCOc1ccc(C=NNc2nc(N3CCCC3)nc(N3CCCC3)n2)cc1OC. The minimum atomic E-state index is 0.420. The highest BCUT2D eigenvalue weighted by molar-refractivity contribution is 5.81. The molecule has 0 saturated carbocycles. The third kappa shape index (κ3) is 5.22. The number of ether oxygens (including phenoxy) is 2. The zero-order valence-corrected chi connectivity index (χ0v) is 18.0. The van der Waals surface area contributed by atoms with Crippen LogP contribution in [0.5, 0.6) is 11.5 Å². The number of nitrogens with zero attached hydrogens (tertiary/aromatic N) is 6. The average Bonchev–Trinajstić information content (AvgIpc) is 3.52. The van der Waals surface area contributed by atoms with Crippen molar-refractivity contribution in [3.05, 3.63) is 36.4 Å². The van der Waals surface area contributed by atoms with Crippen LogP contribution in [0, 0.1) is 0 Å². The molecule has 0 spiro atoms. The monoisotopic (exact) mass is 423 g/mol. The van der Waals surface area contributed by atoms with Crippen molar-refractivity contribution in [2.45, 2.75) is 25.7 Å². The van der Waals surface area contributed by atoms with E-state index >= 15 is 0 Å². The van der Waals surface area contributed by atoms with Crippen molar-refractivity contribution < 1.29 is 9.47 Å². The lowest BCUT2D eigenvalue weighted by molar-refractivity contribution is 0.326. The van der Waals surface area contributed by atoms with Crippen molar-refractivity contribution in [2.75, 3.05) is 55.1 Å². The van der Waals surface area contributed by atoms with Crippen molar-refractivity contribution in [1.29, 1.82) is 0 Å². The maximum Gasteiger partial charge on any atom is 0.250 e. The smallest absolute Gasteiger partial charge is 0.250 e. The molecule has 2 saturated heterocycles. The fourth-order valence-corrected chi connectivity index (χ4v) is 3.72. The van der Waals surface area contributed by atoms with Gasteiger partial charge in [-0.1, -0.05) is 12.7 Å². The second-order valence-corrected chi connectivity index (χ2v) is 7.53. The molecule has 1 aromatic heterocycles. The summed E-state index contributed by atoms with van der Waals surface area (Å²) in [5.41, 5.74) is 3.84. The van der Waals surface area contributed by atoms with Crippen molar-refractivity contribution in [3.63, 3.8) is 0 Å². The number of anilines is 3. The van der Waals surface area contributed by atoms with Crippen LogP contribution in [0.25, 0.3) is 0 Å². The molecule has 3 heterocycles. The molecule has 164 valence electrons. The van der Waals surface area contributed by atoms with E-state index in [1.807, 2.05) is 18.2 Å². The summed E-state index contributed by atoms with van der Waals surface area (Å²) >= 11 is 0. The molecule has 4 rings (SSSR count). The Bertz CT molecular complexity index is 888. The predicted octanol–water partition coefficient (Wildman–Crippen LogP) is 3.09. The minimum Gasteiger partial charge on any atom is -0.493 e. The number of aromatic nitrogens is 3. The Labute approximate surface area is 182 Å². The Morgan fingerprint density at radius 3 is 2.23 bits per heavy atom. The molecule has 2 aromatic rings. The summed E-state index contributed by atoms with van der Waals surface area (Å²) in [5.74, 6) is 3.19. The van der Waals surface area contributed by atoms with E-state index in [1.165, 1.54) is 25.7 Å². The van der Waals surface area contributed by atoms with Crippen LogP contribution in [0.4, 0.5) is 17.8 Å². The zero-order valence-electron chi connectivity index (χ0n) is 18.0. The van der Waals surface area contributed by atoms with Crippen LogP contribution in [0.1, 0.15) is 31.2 Å². The number of rotatable bonds is 9. The summed E-state index contributed by atoms with van der Waals surface area (Å²) < 4.78 is 11.0. The van der Waals surface area contributed by atoms with Crippen LogP contribution in [-0.4, -0.2) is 61.1 Å². The molecular weight excluding hydrogens is 394 g/mol. The highest BCUT2D eigenvalue weighted by Crippen LogP contribution is 2.27. The number of benzene rings is 1. The Kier molecular flexibility index (Phi) is 6.81. The van der Waals surface area contributed by atoms with E-state index < -0.39 is 0 Å². The first-order chi connectivity index (χ1) is 15.3. The van der Waals surface area contributed by atoms with Crippen LogP contribution in [-0.2, 0) is 0 Å². The Morgan fingerprint density at radius 2 is 1.65 bits per heavy atom. The van der Waals surface area contributed by atoms with Gasteiger partial charge in [-0.05, 0) is 49.4 Å². The third-order valence-electron chi connectivity index (χ3n) is 5.31.